The summed E-state index contributed by atoms with van der Waals surface area (Å²) in [5.74, 6) is -1.07. The first-order chi connectivity index (χ1) is 9.23. The molecule has 0 amide bonds. The minimum Gasteiger partial charge on any atom is -0.396 e. The highest BCUT2D eigenvalue weighted by Gasteiger charge is 2.16. The Bertz CT molecular complexity index is 423. The summed E-state index contributed by atoms with van der Waals surface area (Å²) >= 11 is 1.12. The molecule has 0 aliphatic rings. The van der Waals surface area contributed by atoms with Gasteiger partial charge in [-0.1, -0.05) is 6.92 Å². The largest absolute Gasteiger partial charge is 0.396 e. The molecule has 0 bridgehead atoms. The van der Waals surface area contributed by atoms with Gasteiger partial charge in [0.05, 0.1) is 4.90 Å². The lowest BCUT2D eigenvalue weighted by Gasteiger charge is -2.21. The van der Waals surface area contributed by atoms with Crippen LogP contribution in [0.25, 0.3) is 0 Å². The van der Waals surface area contributed by atoms with Gasteiger partial charge in [0.15, 0.2) is 0 Å². The summed E-state index contributed by atoms with van der Waals surface area (Å²) in [7, 11) is 0. The molecule has 0 aliphatic heterocycles. The fourth-order valence-electron chi connectivity index (χ4n) is 1.64. The Labute approximate surface area is 124 Å². The van der Waals surface area contributed by atoms with Crippen molar-refractivity contribution in [3.63, 3.8) is 0 Å². The van der Waals surface area contributed by atoms with Gasteiger partial charge in [0, 0.05) is 23.9 Å². The second-order valence-corrected chi connectivity index (χ2v) is 7.38. The van der Waals surface area contributed by atoms with Gasteiger partial charge in [-0.05, 0) is 44.9 Å². The molecule has 114 valence electrons. The monoisotopic (exact) mass is 303 g/mol. The van der Waals surface area contributed by atoms with Crippen molar-refractivity contribution in [3.8, 4) is 0 Å². The van der Waals surface area contributed by atoms with Crippen molar-refractivity contribution in [2.75, 3.05) is 6.61 Å². The molecule has 0 aromatic heterocycles. The van der Waals surface area contributed by atoms with E-state index in [1.165, 1.54) is 12.1 Å². The molecule has 0 fully saturated rings. The first-order valence-corrected chi connectivity index (χ1v) is 7.61. The van der Waals surface area contributed by atoms with Crippen molar-refractivity contribution < 1.29 is 13.9 Å². The fourth-order valence-corrected chi connectivity index (χ4v) is 2.60. The number of nitrogens with one attached hydrogen (secondary N) is 1. The Kier molecular flexibility index (Phi) is 6.43. The first-order valence-electron chi connectivity index (χ1n) is 6.73. The third-order valence-electron chi connectivity index (χ3n) is 2.74. The van der Waals surface area contributed by atoms with Crippen LogP contribution < -0.4 is 5.32 Å². The van der Waals surface area contributed by atoms with E-state index in [0.29, 0.717) is 18.5 Å². The van der Waals surface area contributed by atoms with Crippen LogP contribution >= 0.6 is 11.8 Å². The van der Waals surface area contributed by atoms with Gasteiger partial charge in [-0.25, -0.2) is 8.78 Å². The third kappa shape index (κ3) is 5.77. The Morgan fingerprint density at radius 1 is 1.25 bits per heavy atom. The van der Waals surface area contributed by atoms with E-state index in [-0.39, 0.29) is 22.3 Å². The number of hydrogen-bond donors (Lipinski definition) is 2. The number of hydrogen-bond acceptors (Lipinski definition) is 3. The Balaban J connectivity index is 2.81. The topological polar surface area (TPSA) is 32.3 Å². The molecule has 1 unspecified atom stereocenters. The van der Waals surface area contributed by atoms with Gasteiger partial charge in [0.2, 0.25) is 0 Å². The van der Waals surface area contributed by atoms with Gasteiger partial charge in [0.25, 0.3) is 0 Å². The zero-order chi connectivity index (χ0) is 15.3. The molecule has 2 N–H and O–H groups in total. The molecular weight excluding hydrogens is 280 g/mol. The lowest BCUT2D eigenvalue weighted by atomic mass is 10.1. The zero-order valence-corrected chi connectivity index (χ0v) is 13.3. The molecule has 0 spiro atoms. The minimum atomic E-state index is -0.537. The summed E-state index contributed by atoms with van der Waals surface area (Å²) in [5.41, 5.74) is 0.491. The summed E-state index contributed by atoms with van der Waals surface area (Å²) in [6.45, 7) is 8.29. The highest BCUT2D eigenvalue weighted by Crippen LogP contribution is 2.31. The predicted octanol–water partition coefficient (Wildman–Crippen LogP) is 3.72. The van der Waals surface area contributed by atoms with Crippen molar-refractivity contribution in [1.29, 1.82) is 0 Å². The Hall–Kier alpha value is -0.650. The maximum absolute atomic E-state index is 14.0. The van der Waals surface area contributed by atoms with Crippen LogP contribution in [0.3, 0.4) is 0 Å². The van der Waals surface area contributed by atoms with E-state index in [1.54, 1.807) is 0 Å². The smallest absolute Gasteiger partial charge is 0.140 e. The van der Waals surface area contributed by atoms with E-state index in [2.05, 4.69) is 5.32 Å². The number of benzene rings is 1. The number of halogens is 2. The molecule has 1 atom stereocenters. The second kappa shape index (κ2) is 7.38. The number of thioether (sulfide) groups is 1. The van der Waals surface area contributed by atoms with Crippen LogP contribution in [-0.2, 0) is 6.54 Å². The molecule has 0 saturated carbocycles. The predicted molar refractivity (Wildman–Crippen MR) is 80.0 cm³/mol. The number of aliphatic hydroxyl groups excluding tert-OH is 1. The van der Waals surface area contributed by atoms with Crippen LogP contribution in [0.2, 0.25) is 0 Å². The van der Waals surface area contributed by atoms with Gasteiger partial charge < -0.3 is 10.4 Å². The molecule has 0 heterocycles. The lowest BCUT2D eigenvalue weighted by molar-refractivity contribution is 0.289. The van der Waals surface area contributed by atoms with Crippen LogP contribution in [-0.4, -0.2) is 22.5 Å². The van der Waals surface area contributed by atoms with Gasteiger partial charge in [-0.2, -0.15) is 0 Å². The van der Waals surface area contributed by atoms with E-state index in [9.17, 15) is 8.78 Å². The van der Waals surface area contributed by atoms with Crippen molar-refractivity contribution >= 4 is 11.8 Å². The first kappa shape index (κ1) is 17.4. The fraction of sp³-hybridized carbons (Fsp3) is 0.600. The van der Waals surface area contributed by atoms with Gasteiger partial charge in [0.1, 0.15) is 11.6 Å². The van der Waals surface area contributed by atoms with Crippen LogP contribution in [0.4, 0.5) is 8.78 Å². The third-order valence-corrected chi connectivity index (χ3v) is 4.00. The summed E-state index contributed by atoms with van der Waals surface area (Å²) in [5, 5.41) is 12.0. The Morgan fingerprint density at radius 2 is 1.80 bits per heavy atom. The van der Waals surface area contributed by atoms with Crippen molar-refractivity contribution in [2.24, 2.45) is 0 Å². The molecule has 2 nitrogen and oxygen atoms in total. The molecular formula is C15H23F2NOS. The highest BCUT2D eigenvalue weighted by molar-refractivity contribution is 8.00. The molecule has 1 aromatic carbocycles. The van der Waals surface area contributed by atoms with Crippen LogP contribution in [0.1, 0.15) is 39.7 Å². The van der Waals surface area contributed by atoms with Gasteiger partial charge >= 0.3 is 0 Å². The average Bonchev–Trinajstić information content (AvgIpc) is 2.31. The molecule has 0 radical (unpaired) electrons. The van der Waals surface area contributed by atoms with Crippen LogP contribution in [0, 0.1) is 11.6 Å². The quantitative estimate of drug-likeness (QED) is 0.786. The van der Waals surface area contributed by atoms with Gasteiger partial charge in [-0.3, -0.25) is 0 Å². The summed E-state index contributed by atoms with van der Waals surface area (Å²) in [4.78, 5) is 0.0328. The lowest BCUT2D eigenvalue weighted by Crippen LogP contribution is -2.35. The number of rotatable bonds is 6. The molecule has 1 aromatic rings. The number of aliphatic hydroxyl groups is 1. The minimum absolute atomic E-state index is 0.0188. The Morgan fingerprint density at radius 3 is 2.25 bits per heavy atom. The summed E-state index contributed by atoms with van der Waals surface area (Å²) in [6.07, 6.45) is 0.511. The average molecular weight is 303 g/mol. The van der Waals surface area contributed by atoms with Crippen molar-refractivity contribution in [3.05, 3.63) is 29.3 Å². The second-order valence-electron chi connectivity index (χ2n) is 5.93. The SMILES string of the molecule is CC(CCO)Sc1c(F)cc(CNC(C)(C)C)cc1F. The summed E-state index contributed by atoms with van der Waals surface area (Å²) in [6, 6.07) is 2.74. The van der Waals surface area contributed by atoms with Crippen molar-refractivity contribution in [1.82, 2.24) is 5.32 Å². The van der Waals surface area contributed by atoms with E-state index in [1.807, 2.05) is 27.7 Å². The van der Waals surface area contributed by atoms with E-state index < -0.39 is 11.6 Å². The van der Waals surface area contributed by atoms with E-state index >= 15 is 0 Å². The maximum atomic E-state index is 14.0. The zero-order valence-electron chi connectivity index (χ0n) is 12.5. The van der Waals surface area contributed by atoms with Crippen LogP contribution in [0.15, 0.2) is 17.0 Å². The molecule has 1 rings (SSSR count). The van der Waals surface area contributed by atoms with Gasteiger partial charge in [-0.15, -0.1) is 11.8 Å². The normalized spacial score (nSPS) is 13.6. The molecule has 20 heavy (non-hydrogen) atoms. The maximum Gasteiger partial charge on any atom is 0.140 e. The van der Waals surface area contributed by atoms with E-state index in [0.717, 1.165) is 11.8 Å². The summed E-state index contributed by atoms with van der Waals surface area (Å²) < 4.78 is 28.0. The highest BCUT2D eigenvalue weighted by atomic mass is 32.2. The molecule has 0 saturated heterocycles. The standard InChI is InChI=1S/C15H23F2NOS/c1-10(5-6-19)20-14-12(16)7-11(8-13(14)17)9-18-15(2,3)4/h7-8,10,18-19H,5-6,9H2,1-4H3. The van der Waals surface area contributed by atoms with E-state index in [4.69, 9.17) is 5.11 Å². The molecule has 5 heteroatoms. The molecule has 0 aliphatic carbocycles. The van der Waals surface area contributed by atoms with Crippen molar-refractivity contribution in [2.45, 2.75) is 56.3 Å². The van der Waals surface area contributed by atoms with Crippen LogP contribution in [0.5, 0.6) is 0 Å².